The third-order valence-corrected chi connectivity index (χ3v) is 4.45. The molecular formula is C19H21N5O4. The maximum atomic E-state index is 12.6. The first-order valence-corrected chi connectivity index (χ1v) is 8.59. The predicted octanol–water partition coefficient (Wildman–Crippen LogP) is 2.39. The van der Waals surface area contributed by atoms with Gasteiger partial charge in [-0.05, 0) is 49.7 Å². The number of carbonyl (C=O) groups excluding carboxylic acids is 2. The molecule has 0 aliphatic heterocycles. The molecule has 146 valence electrons. The fraction of sp³-hybridized carbons (Fsp3) is 0.316. The molecule has 0 spiro atoms. The molecule has 28 heavy (non-hydrogen) atoms. The maximum Gasteiger partial charge on any atom is 0.205 e. The number of aromatic amines is 1. The molecule has 0 aliphatic carbocycles. The molecule has 0 bridgehead atoms. The molecule has 0 amide bonds. The Hall–Kier alpha value is -3.49. The summed E-state index contributed by atoms with van der Waals surface area (Å²) in [5, 5.41) is 12.2. The molecule has 9 nitrogen and oxygen atoms in total. The van der Waals surface area contributed by atoms with Crippen LogP contribution in [-0.4, -0.2) is 51.0 Å². The van der Waals surface area contributed by atoms with E-state index in [1.54, 1.807) is 46.3 Å². The SMILES string of the molecule is COc1ccc(-c2nnn(CC(=O)c3[nH]c(C)c(C(C)=O)c3C)n2)cc1OC. The number of H-pyrrole nitrogens is 1. The van der Waals surface area contributed by atoms with Gasteiger partial charge in [-0.25, -0.2) is 0 Å². The number of nitrogens with zero attached hydrogens (tertiary/aromatic N) is 4. The molecule has 3 aromatic rings. The molecule has 0 saturated carbocycles. The Bertz CT molecular complexity index is 1050. The number of ether oxygens (including phenoxy) is 2. The Kier molecular flexibility index (Phi) is 5.25. The van der Waals surface area contributed by atoms with E-state index in [2.05, 4.69) is 20.4 Å². The standard InChI is InChI=1S/C19H21N5O4/c1-10-17(12(3)25)11(2)20-18(10)14(26)9-24-22-19(21-23-24)13-6-7-15(27-4)16(8-13)28-5/h6-8,20H,9H2,1-5H3. The summed E-state index contributed by atoms with van der Waals surface area (Å²) in [7, 11) is 3.10. The molecule has 0 unspecified atom stereocenters. The van der Waals surface area contributed by atoms with Crippen LogP contribution in [0.4, 0.5) is 0 Å². The number of hydrogen-bond donors (Lipinski definition) is 1. The molecule has 2 heterocycles. The number of ketones is 2. The number of hydrogen-bond acceptors (Lipinski definition) is 7. The molecule has 0 saturated heterocycles. The van der Waals surface area contributed by atoms with Crippen molar-refractivity contribution in [1.29, 1.82) is 0 Å². The van der Waals surface area contributed by atoms with Crippen LogP contribution in [0.2, 0.25) is 0 Å². The minimum absolute atomic E-state index is 0.0834. The first-order chi connectivity index (χ1) is 13.3. The van der Waals surface area contributed by atoms with E-state index >= 15 is 0 Å². The van der Waals surface area contributed by atoms with Gasteiger partial charge in [-0.15, -0.1) is 10.2 Å². The highest BCUT2D eigenvalue weighted by atomic mass is 16.5. The van der Waals surface area contributed by atoms with Crippen molar-refractivity contribution in [3.63, 3.8) is 0 Å². The van der Waals surface area contributed by atoms with E-state index in [0.717, 1.165) is 0 Å². The second kappa shape index (κ2) is 7.63. The van der Waals surface area contributed by atoms with E-state index in [9.17, 15) is 9.59 Å². The van der Waals surface area contributed by atoms with Crippen LogP contribution >= 0.6 is 0 Å². The molecule has 9 heteroatoms. The van der Waals surface area contributed by atoms with Gasteiger partial charge in [-0.1, -0.05) is 0 Å². The number of tetrazole rings is 1. The minimum atomic E-state index is -0.232. The smallest absolute Gasteiger partial charge is 0.205 e. The Balaban J connectivity index is 1.83. The van der Waals surface area contributed by atoms with Crippen LogP contribution < -0.4 is 9.47 Å². The molecule has 0 atom stereocenters. The summed E-state index contributed by atoms with van der Waals surface area (Å²) in [6, 6.07) is 5.26. The molecule has 1 aromatic carbocycles. The third-order valence-electron chi connectivity index (χ3n) is 4.45. The summed E-state index contributed by atoms with van der Waals surface area (Å²) >= 11 is 0. The average molecular weight is 383 g/mol. The number of benzene rings is 1. The molecule has 1 N–H and O–H groups in total. The highest BCUT2D eigenvalue weighted by Crippen LogP contribution is 2.30. The highest BCUT2D eigenvalue weighted by Gasteiger charge is 2.21. The Labute approximate surface area is 161 Å². The normalized spacial score (nSPS) is 10.8. The Morgan fingerprint density at radius 1 is 1.14 bits per heavy atom. The summed E-state index contributed by atoms with van der Waals surface area (Å²) < 4.78 is 10.5. The quantitative estimate of drug-likeness (QED) is 0.623. The lowest BCUT2D eigenvalue weighted by atomic mass is 10.1. The summed E-state index contributed by atoms with van der Waals surface area (Å²) in [4.78, 5) is 28.6. The van der Waals surface area contributed by atoms with E-state index < -0.39 is 0 Å². The van der Waals surface area contributed by atoms with Gasteiger partial charge in [0.1, 0.15) is 6.54 Å². The monoisotopic (exact) mass is 383 g/mol. The number of rotatable bonds is 7. The van der Waals surface area contributed by atoms with E-state index in [0.29, 0.717) is 45.4 Å². The second-order valence-corrected chi connectivity index (χ2v) is 6.32. The number of aromatic nitrogens is 5. The van der Waals surface area contributed by atoms with Crippen LogP contribution in [0.1, 0.15) is 39.0 Å². The zero-order valence-electron chi connectivity index (χ0n) is 16.4. The molecule has 0 fully saturated rings. The van der Waals surface area contributed by atoms with Crippen LogP contribution in [0.3, 0.4) is 0 Å². The molecule has 0 radical (unpaired) electrons. The van der Waals surface area contributed by atoms with Gasteiger partial charge in [0.15, 0.2) is 17.3 Å². The summed E-state index contributed by atoms with van der Waals surface area (Å²) in [6.07, 6.45) is 0. The highest BCUT2D eigenvalue weighted by molar-refractivity contribution is 6.03. The van der Waals surface area contributed by atoms with Crippen molar-refractivity contribution in [2.45, 2.75) is 27.3 Å². The van der Waals surface area contributed by atoms with Crippen molar-refractivity contribution in [2.75, 3.05) is 14.2 Å². The minimum Gasteiger partial charge on any atom is -0.493 e. The van der Waals surface area contributed by atoms with Crippen LogP contribution in [0.5, 0.6) is 11.5 Å². The van der Waals surface area contributed by atoms with Gasteiger partial charge < -0.3 is 14.5 Å². The topological polar surface area (TPSA) is 112 Å². The van der Waals surface area contributed by atoms with E-state index in [-0.39, 0.29) is 18.1 Å². The van der Waals surface area contributed by atoms with E-state index in [4.69, 9.17) is 9.47 Å². The van der Waals surface area contributed by atoms with Gasteiger partial charge in [0.05, 0.1) is 19.9 Å². The zero-order chi connectivity index (χ0) is 20.4. The van der Waals surface area contributed by atoms with E-state index in [1.807, 2.05) is 0 Å². The number of methoxy groups -OCH3 is 2. The number of nitrogens with one attached hydrogen (secondary N) is 1. The average Bonchev–Trinajstić information content (AvgIpc) is 3.25. The fourth-order valence-electron chi connectivity index (χ4n) is 3.17. The van der Waals surface area contributed by atoms with Gasteiger partial charge in [0.2, 0.25) is 11.6 Å². The lowest BCUT2D eigenvalue weighted by Gasteiger charge is -2.07. The first-order valence-electron chi connectivity index (χ1n) is 8.59. The van der Waals surface area contributed by atoms with Crippen LogP contribution in [0, 0.1) is 13.8 Å². The summed E-state index contributed by atoms with van der Waals surface area (Å²) in [5.41, 5.74) is 2.91. The van der Waals surface area contributed by atoms with Crippen molar-refractivity contribution < 1.29 is 19.1 Å². The molecule has 3 rings (SSSR count). The van der Waals surface area contributed by atoms with Crippen molar-refractivity contribution in [1.82, 2.24) is 25.2 Å². The molecule has 2 aromatic heterocycles. The number of aryl methyl sites for hydroxylation is 1. The predicted molar refractivity (Wildman–Crippen MR) is 101 cm³/mol. The summed E-state index contributed by atoms with van der Waals surface area (Å²) in [6.45, 7) is 4.89. The Morgan fingerprint density at radius 2 is 1.86 bits per heavy atom. The van der Waals surface area contributed by atoms with Crippen molar-refractivity contribution >= 4 is 11.6 Å². The van der Waals surface area contributed by atoms with Gasteiger partial charge in [-0.2, -0.15) is 4.80 Å². The number of carbonyl (C=O) groups is 2. The van der Waals surface area contributed by atoms with Crippen LogP contribution in [0.25, 0.3) is 11.4 Å². The van der Waals surface area contributed by atoms with Gasteiger partial charge >= 0.3 is 0 Å². The first kappa shape index (κ1) is 19.3. The van der Waals surface area contributed by atoms with Crippen LogP contribution in [0.15, 0.2) is 18.2 Å². The lowest BCUT2D eigenvalue weighted by molar-refractivity contribution is 0.0956. The number of Topliss-reactive ketones (excluding diaryl/α,β-unsaturated/α-hetero) is 2. The Morgan fingerprint density at radius 3 is 2.46 bits per heavy atom. The molecule has 0 aliphatic rings. The summed E-state index contributed by atoms with van der Waals surface area (Å²) in [5.74, 6) is 1.18. The van der Waals surface area contributed by atoms with E-state index in [1.165, 1.54) is 11.7 Å². The largest absolute Gasteiger partial charge is 0.493 e. The van der Waals surface area contributed by atoms with Crippen molar-refractivity contribution in [3.8, 4) is 22.9 Å². The van der Waals surface area contributed by atoms with Gasteiger partial charge in [0, 0.05) is 16.8 Å². The maximum absolute atomic E-state index is 12.6. The van der Waals surface area contributed by atoms with Crippen LogP contribution in [-0.2, 0) is 6.54 Å². The fourth-order valence-corrected chi connectivity index (χ4v) is 3.17. The molecular weight excluding hydrogens is 362 g/mol. The van der Waals surface area contributed by atoms with Crippen molar-refractivity contribution in [3.05, 3.63) is 40.7 Å². The van der Waals surface area contributed by atoms with Gasteiger partial charge in [0.25, 0.3) is 0 Å². The van der Waals surface area contributed by atoms with Crippen molar-refractivity contribution in [2.24, 2.45) is 0 Å². The third kappa shape index (κ3) is 3.51. The van der Waals surface area contributed by atoms with Gasteiger partial charge in [-0.3, -0.25) is 9.59 Å². The zero-order valence-corrected chi connectivity index (χ0v) is 16.4. The lowest BCUT2D eigenvalue weighted by Crippen LogP contribution is -2.14. The second-order valence-electron chi connectivity index (χ2n) is 6.32.